The maximum Gasteiger partial charge on any atom is 0.470 e. The second-order valence-electron chi connectivity index (χ2n) is 5.96. The Morgan fingerprint density at radius 2 is 1.76 bits per heavy atom. The third kappa shape index (κ3) is 4.93. The standard InChI is InChI=1S/C17H12BrF4N3O3S/c1-29(26,27)25(13-6-4-12(18)5-7-13)9-11-3-2-10(8-14(11)19)15-23-24-16(28-15)17(20,21)22/h2-8H,9H2,1H3. The molecule has 154 valence electrons. The maximum atomic E-state index is 14.6. The number of hydrogen-bond acceptors (Lipinski definition) is 5. The molecule has 0 spiro atoms. The molecule has 2 aromatic carbocycles. The molecule has 0 radical (unpaired) electrons. The number of halogens is 5. The monoisotopic (exact) mass is 493 g/mol. The molecular formula is C17H12BrF4N3O3S. The summed E-state index contributed by atoms with van der Waals surface area (Å²) in [4.78, 5) is 0. The fraction of sp³-hybridized carbons (Fsp3) is 0.176. The van der Waals surface area contributed by atoms with Crippen LogP contribution in [0.5, 0.6) is 0 Å². The summed E-state index contributed by atoms with van der Waals surface area (Å²) in [6, 6.07) is 9.81. The molecule has 0 aliphatic heterocycles. The van der Waals surface area contributed by atoms with Crippen LogP contribution >= 0.6 is 15.9 Å². The first-order valence-electron chi connectivity index (χ1n) is 7.88. The summed E-state index contributed by atoms with van der Waals surface area (Å²) in [6.07, 6.45) is -3.83. The van der Waals surface area contributed by atoms with Gasteiger partial charge >= 0.3 is 12.1 Å². The number of nitrogens with zero attached hydrogens (tertiary/aromatic N) is 3. The Bertz CT molecular complexity index is 1130. The minimum absolute atomic E-state index is 0.0117. The third-order valence-corrected chi connectivity index (χ3v) is 5.47. The SMILES string of the molecule is CS(=O)(=O)N(Cc1ccc(-c2nnc(C(F)(F)F)o2)cc1F)c1ccc(Br)cc1. The van der Waals surface area contributed by atoms with E-state index in [4.69, 9.17) is 0 Å². The van der Waals surface area contributed by atoms with Crippen molar-refractivity contribution >= 4 is 31.6 Å². The minimum Gasteiger partial charge on any atom is -0.413 e. The van der Waals surface area contributed by atoms with Crippen molar-refractivity contribution in [3.05, 3.63) is 64.2 Å². The molecule has 6 nitrogen and oxygen atoms in total. The molecule has 3 aromatic rings. The van der Waals surface area contributed by atoms with E-state index in [-0.39, 0.29) is 17.7 Å². The maximum absolute atomic E-state index is 14.6. The Hall–Kier alpha value is -2.47. The normalized spacial score (nSPS) is 12.2. The molecule has 0 saturated carbocycles. The average molecular weight is 494 g/mol. The van der Waals surface area contributed by atoms with Crippen molar-refractivity contribution in [1.82, 2.24) is 10.2 Å². The lowest BCUT2D eigenvalue weighted by Crippen LogP contribution is -2.29. The van der Waals surface area contributed by atoms with Crippen molar-refractivity contribution in [3.63, 3.8) is 0 Å². The van der Waals surface area contributed by atoms with Crippen molar-refractivity contribution in [2.24, 2.45) is 0 Å². The van der Waals surface area contributed by atoms with E-state index in [1.165, 1.54) is 12.1 Å². The summed E-state index contributed by atoms with van der Waals surface area (Å²) in [7, 11) is -3.74. The number of sulfonamides is 1. The van der Waals surface area contributed by atoms with Gasteiger partial charge in [0.05, 0.1) is 18.5 Å². The molecule has 0 saturated heterocycles. The van der Waals surface area contributed by atoms with Crippen LogP contribution in [0.2, 0.25) is 0 Å². The van der Waals surface area contributed by atoms with Gasteiger partial charge in [-0.1, -0.05) is 22.0 Å². The molecule has 0 amide bonds. The Balaban J connectivity index is 1.91. The van der Waals surface area contributed by atoms with E-state index < -0.39 is 33.8 Å². The lowest BCUT2D eigenvalue weighted by atomic mass is 10.1. The van der Waals surface area contributed by atoms with Gasteiger partial charge in [0.1, 0.15) is 5.82 Å². The highest BCUT2D eigenvalue weighted by atomic mass is 79.9. The summed E-state index contributed by atoms with van der Waals surface area (Å²) < 4.78 is 82.9. The number of alkyl halides is 3. The van der Waals surface area contributed by atoms with Gasteiger partial charge in [0.2, 0.25) is 15.9 Å². The molecular weight excluding hydrogens is 482 g/mol. The lowest BCUT2D eigenvalue weighted by molar-refractivity contribution is -0.156. The first kappa shape index (κ1) is 21.2. The Labute approximate surface area is 171 Å². The highest BCUT2D eigenvalue weighted by Gasteiger charge is 2.38. The van der Waals surface area contributed by atoms with Crippen LogP contribution in [-0.4, -0.2) is 24.9 Å². The summed E-state index contributed by atoms with van der Waals surface area (Å²) in [5, 5.41) is 6.15. The van der Waals surface area contributed by atoms with Crippen LogP contribution in [0.15, 0.2) is 51.4 Å². The van der Waals surface area contributed by atoms with Crippen LogP contribution in [0.1, 0.15) is 11.5 Å². The van der Waals surface area contributed by atoms with E-state index >= 15 is 0 Å². The summed E-state index contributed by atoms with van der Waals surface area (Å²) >= 11 is 3.25. The highest BCUT2D eigenvalue weighted by Crippen LogP contribution is 2.31. The van der Waals surface area contributed by atoms with Crippen LogP contribution in [-0.2, 0) is 22.7 Å². The van der Waals surface area contributed by atoms with Crippen LogP contribution in [0.25, 0.3) is 11.5 Å². The number of anilines is 1. The second kappa shape index (κ2) is 7.75. The topological polar surface area (TPSA) is 76.3 Å². The number of hydrogen-bond donors (Lipinski definition) is 0. The summed E-state index contributed by atoms with van der Waals surface area (Å²) in [6.45, 7) is -0.315. The van der Waals surface area contributed by atoms with E-state index in [0.717, 1.165) is 21.1 Å². The molecule has 12 heteroatoms. The van der Waals surface area contributed by atoms with E-state index in [1.54, 1.807) is 24.3 Å². The van der Waals surface area contributed by atoms with E-state index in [9.17, 15) is 26.0 Å². The molecule has 3 rings (SSSR count). The fourth-order valence-electron chi connectivity index (χ4n) is 2.43. The summed E-state index contributed by atoms with van der Waals surface area (Å²) in [5.74, 6) is -2.88. The third-order valence-electron chi connectivity index (χ3n) is 3.80. The van der Waals surface area contributed by atoms with Crippen molar-refractivity contribution in [2.45, 2.75) is 12.7 Å². The zero-order valence-corrected chi connectivity index (χ0v) is 17.0. The largest absolute Gasteiger partial charge is 0.470 e. The van der Waals surface area contributed by atoms with Crippen molar-refractivity contribution in [2.75, 3.05) is 10.6 Å². The zero-order valence-electron chi connectivity index (χ0n) is 14.6. The van der Waals surface area contributed by atoms with Crippen LogP contribution in [0.3, 0.4) is 0 Å². The minimum atomic E-state index is -4.82. The predicted octanol–water partition coefficient (Wildman–Crippen LogP) is 4.62. The molecule has 0 fully saturated rings. The first-order valence-corrected chi connectivity index (χ1v) is 10.5. The van der Waals surface area contributed by atoms with Gasteiger partial charge in [-0.2, -0.15) is 13.2 Å². The molecule has 0 bridgehead atoms. The van der Waals surface area contributed by atoms with Crippen LogP contribution < -0.4 is 4.31 Å². The number of benzene rings is 2. The fourth-order valence-corrected chi connectivity index (χ4v) is 3.57. The van der Waals surface area contributed by atoms with Crippen molar-refractivity contribution in [1.29, 1.82) is 0 Å². The molecule has 0 aliphatic rings. The van der Waals surface area contributed by atoms with Gasteiger partial charge in [-0.25, -0.2) is 12.8 Å². The van der Waals surface area contributed by atoms with Crippen LogP contribution in [0.4, 0.5) is 23.2 Å². The van der Waals surface area contributed by atoms with Gasteiger partial charge in [-0.15, -0.1) is 10.2 Å². The number of aromatic nitrogens is 2. The Kier molecular flexibility index (Phi) is 5.68. The van der Waals surface area contributed by atoms with E-state index in [0.29, 0.717) is 5.69 Å². The quantitative estimate of drug-likeness (QED) is 0.484. The predicted molar refractivity (Wildman–Crippen MR) is 99.9 cm³/mol. The second-order valence-corrected chi connectivity index (χ2v) is 8.78. The number of rotatable bonds is 5. The molecule has 1 aromatic heterocycles. The van der Waals surface area contributed by atoms with Gasteiger partial charge in [-0.05, 0) is 36.4 Å². The van der Waals surface area contributed by atoms with E-state index in [1.807, 2.05) is 0 Å². The molecule has 0 N–H and O–H groups in total. The first-order chi connectivity index (χ1) is 13.4. The molecule has 1 heterocycles. The van der Waals surface area contributed by atoms with Gasteiger partial charge < -0.3 is 4.42 Å². The molecule has 0 atom stereocenters. The van der Waals surface area contributed by atoms with Crippen LogP contribution in [0, 0.1) is 5.82 Å². The Morgan fingerprint density at radius 1 is 1.10 bits per heavy atom. The van der Waals surface area contributed by atoms with Crippen molar-refractivity contribution in [3.8, 4) is 11.5 Å². The average Bonchev–Trinajstić information content (AvgIpc) is 3.11. The zero-order chi connectivity index (χ0) is 21.4. The highest BCUT2D eigenvalue weighted by molar-refractivity contribution is 9.10. The molecule has 0 aliphatic carbocycles. The van der Waals surface area contributed by atoms with Crippen molar-refractivity contribution < 1.29 is 30.4 Å². The molecule has 0 unspecified atom stereocenters. The van der Waals surface area contributed by atoms with Gasteiger partial charge in [-0.3, -0.25) is 4.31 Å². The van der Waals surface area contributed by atoms with Gasteiger partial charge in [0.15, 0.2) is 0 Å². The molecule has 29 heavy (non-hydrogen) atoms. The smallest absolute Gasteiger partial charge is 0.413 e. The van der Waals surface area contributed by atoms with E-state index in [2.05, 4.69) is 30.5 Å². The van der Waals surface area contributed by atoms with Gasteiger partial charge in [0, 0.05) is 15.6 Å². The lowest BCUT2D eigenvalue weighted by Gasteiger charge is -2.23. The van der Waals surface area contributed by atoms with Gasteiger partial charge in [0.25, 0.3) is 0 Å². The summed E-state index contributed by atoms with van der Waals surface area (Å²) in [5.41, 5.74) is 0.271. The Morgan fingerprint density at radius 3 is 2.28 bits per heavy atom.